The Bertz CT molecular complexity index is 2910. The molecule has 4 aliphatic rings. The van der Waals surface area contributed by atoms with E-state index in [2.05, 4.69) is 184 Å². The van der Waals surface area contributed by atoms with Crippen molar-refractivity contribution >= 4 is 5.71 Å². The molecule has 0 atom stereocenters. The molecule has 0 heterocycles. The average molecular weight is 700 g/mol. The molecule has 1 nitrogen and oxygen atoms in total. The van der Waals surface area contributed by atoms with E-state index >= 15 is 0 Å². The number of nitrogens with zero attached hydrogens (tertiary/aromatic N) is 1. The van der Waals surface area contributed by atoms with Crippen LogP contribution in [0.1, 0.15) is 66.8 Å². The zero-order valence-corrected chi connectivity index (χ0v) is 31.1. The Labute approximate surface area is 322 Å². The number of fused-ring (bicyclic) bond motifs is 20. The molecule has 55 heavy (non-hydrogen) atoms. The van der Waals surface area contributed by atoms with Gasteiger partial charge in [-0.15, -0.1) is 0 Å². The molecular weight excluding hydrogens is 663 g/mol. The number of aliphatic imine (C=N–C) groups is 1. The second kappa shape index (κ2) is 10.8. The fraction of sp³-hybridized carbons (Fsp3) is 0.0926. The van der Waals surface area contributed by atoms with Crippen molar-refractivity contribution in [2.45, 2.75) is 24.7 Å². The van der Waals surface area contributed by atoms with Gasteiger partial charge in [0.1, 0.15) is 0 Å². The summed E-state index contributed by atoms with van der Waals surface area (Å²) in [4.78, 5) is 5.13. The van der Waals surface area contributed by atoms with Gasteiger partial charge in [-0.25, -0.2) is 0 Å². The third-order valence-corrected chi connectivity index (χ3v) is 13.3. The third-order valence-electron chi connectivity index (χ3n) is 13.3. The van der Waals surface area contributed by atoms with Crippen molar-refractivity contribution in [2.75, 3.05) is 7.05 Å². The highest BCUT2D eigenvalue weighted by Gasteiger charge is 2.53. The minimum Gasteiger partial charge on any atom is -0.287 e. The maximum Gasteiger partial charge on any atom is 0.0725 e. The summed E-state index contributed by atoms with van der Waals surface area (Å²) < 4.78 is 0. The standard InChI is InChI=1S/C54H37N/c1-32-20-24-40-41-25-21-33(2)29-49(41)54(48(40)28-32)47-19-11-7-15-39(47)43-27-23-35(31-51(43)54)52(55-3)34-22-26-42-38-14-6-10-18-46(38)53(50(42)30-34)44-16-8-4-12-36(44)37-13-5-9-17-45(37)53/h4-31H,1-3H3/b55-52+. The molecule has 0 unspecified atom stereocenters. The lowest BCUT2D eigenvalue weighted by molar-refractivity contribution is 0.791. The van der Waals surface area contributed by atoms with E-state index in [0.29, 0.717) is 0 Å². The molecule has 8 aromatic carbocycles. The number of hydrogen-bond donors (Lipinski definition) is 0. The Kier molecular flexibility index (Phi) is 6.04. The van der Waals surface area contributed by atoms with Gasteiger partial charge in [0.05, 0.1) is 16.5 Å². The van der Waals surface area contributed by atoms with Gasteiger partial charge in [0.25, 0.3) is 0 Å². The smallest absolute Gasteiger partial charge is 0.0725 e. The van der Waals surface area contributed by atoms with Gasteiger partial charge in [-0.1, -0.05) is 169 Å². The van der Waals surface area contributed by atoms with Crippen LogP contribution in [0.2, 0.25) is 0 Å². The predicted molar refractivity (Wildman–Crippen MR) is 227 cm³/mol. The zero-order chi connectivity index (χ0) is 36.6. The molecule has 8 aromatic rings. The molecule has 0 N–H and O–H groups in total. The molecule has 1 heteroatoms. The zero-order valence-electron chi connectivity index (χ0n) is 31.1. The fourth-order valence-corrected chi connectivity index (χ4v) is 11.2. The Morgan fingerprint density at radius 3 is 0.982 bits per heavy atom. The van der Waals surface area contributed by atoms with E-state index in [1.807, 2.05) is 7.05 Å². The SMILES string of the molecule is C/N=C(\c1ccc2c(c1)C1(c3ccccc3-c3ccccc31)c1ccccc1-2)c1ccc2c(c1)C1(c3ccccc3-2)c2cc(C)ccc2-c2ccc(C)cc21. The molecule has 258 valence electrons. The largest absolute Gasteiger partial charge is 0.287 e. The van der Waals surface area contributed by atoms with Crippen LogP contribution >= 0.6 is 0 Å². The van der Waals surface area contributed by atoms with Crippen molar-refractivity contribution in [1.82, 2.24) is 0 Å². The lowest BCUT2D eigenvalue weighted by Crippen LogP contribution is -2.26. The van der Waals surface area contributed by atoms with E-state index < -0.39 is 10.8 Å². The van der Waals surface area contributed by atoms with Crippen LogP contribution in [0.15, 0.2) is 175 Å². The normalized spacial score (nSPS) is 15.2. The van der Waals surface area contributed by atoms with Gasteiger partial charge >= 0.3 is 0 Å². The molecule has 4 aliphatic carbocycles. The second-order valence-corrected chi connectivity index (χ2v) is 15.9. The molecule has 0 fully saturated rings. The summed E-state index contributed by atoms with van der Waals surface area (Å²) in [5, 5.41) is 0. The maximum atomic E-state index is 5.13. The van der Waals surface area contributed by atoms with Crippen molar-refractivity contribution in [3.8, 4) is 44.5 Å². The fourth-order valence-electron chi connectivity index (χ4n) is 11.2. The highest BCUT2D eigenvalue weighted by Crippen LogP contribution is 2.64. The Balaban J connectivity index is 1.10. The summed E-state index contributed by atoms with van der Waals surface area (Å²) >= 11 is 0. The average Bonchev–Trinajstić information content (AvgIpc) is 3.89. The summed E-state index contributed by atoms with van der Waals surface area (Å²) in [6.07, 6.45) is 0. The predicted octanol–water partition coefficient (Wildman–Crippen LogP) is 12.5. The van der Waals surface area contributed by atoms with E-state index in [-0.39, 0.29) is 0 Å². The number of rotatable bonds is 2. The molecule has 2 spiro atoms. The van der Waals surface area contributed by atoms with E-state index in [1.54, 1.807) is 0 Å². The van der Waals surface area contributed by atoms with Crippen molar-refractivity contribution in [3.05, 3.63) is 237 Å². The van der Waals surface area contributed by atoms with Crippen molar-refractivity contribution < 1.29 is 0 Å². The van der Waals surface area contributed by atoms with Crippen LogP contribution in [-0.2, 0) is 10.8 Å². The topological polar surface area (TPSA) is 12.4 Å². The molecule has 0 saturated carbocycles. The number of aryl methyl sites for hydroxylation is 2. The van der Waals surface area contributed by atoms with E-state index in [4.69, 9.17) is 4.99 Å². The van der Waals surface area contributed by atoms with E-state index in [0.717, 1.165) is 16.8 Å². The molecule has 0 radical (unpaired) electrons. The first-order valence-electron chi connectivity index (χ1n) is 19.4. The van der Waals surface area contributed by atoms with Gasteiger partial charge in [0.2, 0.25) is 0 Å². The van der Waals surface area contributed by atoms with Crippen molar-refractivity contribution in [2.24, 2.45) is 4.99 Å². The monoisotopic (exact) mass is 699 g/mol. The maximum absolute atomic E-state index is 5.13. The van der Waals surface area contributed by atoms with Gasteiger partial charge in [-0.05, 0) is 115 Å². The van der Waals surface area contributed by atoms with Crippen LogP contribution in [0.5, 0.6) is 0 Å². The Morgan fingerprint density at radius 1 is 0.327 bits per heavy atom. The molecule has 0 bridgehead atoms. The first-order valence-corrected chi connectivity index (χ1v) is 19.4. The lowest BCUT2D eigenvalue weighted by atomic mass is 9.69. The van der Waals surface area contributed by atoms with E-state index in [1.165, 1.54) is 100 Å². The number of benzene rings is 8. The number of hydrogen-bond acceptors (Lipinski definition) is 1. The van der Waals surface area contributed by atoms with Gasteiger partial charge in [0, 0.05) is 18.2 Å². The molecular formula is C54H37N. The van der Waals surface area contributed by atoms with Gasteiger partial charge in [-0.3, -0.25) is 4.99 Å². The Morgan fingerprint density at radius 2 is 0.618 bits per heavy atom. The van der Waals surface area contributed by atoms with Crippen molar-refractivity contribution in [1.29, 1.82) is 0 Å². The van der Waals surface area contributed by atoms with Gasteiger partial charge in [-0.2, -0.15) is 0 Å². The van der Waals surface area contributed by atoms with Gasteiger partial charge < -0.3 is 0 Å². The van der Waals surface area contributed by atoms with Crippen LogP contribution in [-0.4, -0.2) is 12.8 Å². The van der Waals surface area contributed by atoms with Crippen LogP contribution < -0.4 is 0 Å². The van der Waals surface area contributed by atoms with Crippen LogP contribution in [0.3, 0.4) is 0 Å². The summed E-state index contributed by atoms with van der Waals surface area (Å²) in [5.41, 5.74) is 26.4. The van der Waals surface area contributed by atoms with Gasteiger partial charge in [0.15, 0.2) is 0 Å². The summed E-state index contributed by atoms with van der Waals surface area (Å²) in [5.74, 6) is 0. The second-order valence-electron chi connectivity index (χ2n) is 15.9. The molecule has 0 aromatic heterocycles. The van der Waals surface area contributed by atoms with Crippen molar-refractivity contribution in [3.63, 3.8) is 0 Å². The summed E-state index contributed by atoms with van der Waals surface area (Å²) in [6, 6.07) is 64.5. The summed E-state index contributed by atoms with van der Waals surface area (Å²) in [6.45, 7) is 4.45. The minimum atomic E-state index is -0.412. The Hall–Kier alpha value is -6.57. The molecule has 12 rings (SSSR count). The highest BCUT2D eigenvalue weighted by molar-refractivity contribution is 6.14. The highest BCUT2D eigenvalue weighted by atomic mass is 14.7. The summed E-state index contributed by atoms with van der Waals surface area (Å²) in [7, 11) is 1.96. The minimum absolute atomic E-state index is 0.398. The molecule has 0 saturated heterocycles. The van der Waals surface area contributed by atoms with Crippen LogP contribution in [0.4, 0.5) is 0 Å². The van der Waals surface area contributed by atoms with Crippen LogP contribution in [0.25, 0.3) is 44.5 Å². The lowest BCUT2D eigenvalue weighted by Gasteiger charge is -2.31. The first kappa shape index (κ1) is 30.8. The van der Waals surface area contributed by atoms with E-state index in [9.17, 15) is 0 Å². The molecule has 0 amide bonds. The quantitative estimate of drug-likeness (QED) is 0.159. The first-order chi connectivity index (χ1) is 27.0. The molecule has 0 aliphatic heterocycles. The van der Waals surface area contributed by atoms with Crippen LogP contribution in [0, 0.1) is 13.8 Å². The third kappa shape index (κ3) is 3.67.